The summed E-state index contributed by atoms with van der Waals surface area (Å²) >= 11 is 1.89. The lowest BCUT2D eigenvalue weighted by Gasteiger charge is -2.40. The molecule has 10 rings (SSSR count). The van der Waals surface area contributed by atoms with Crippen molar-refractivity contribution >= 4 is 40.5 Å². The molecule has 0 amide bonds. The second-order valence-corrected chi connectivity index (χ2v) is 14.8. The van der Waals surface area contributed by atoms with Gasteiger partial charge in [-0.1, -0.05) is 169 Å². The first-order chi connectivity index (χ1) is 26.3. The van der Waals surface area contributed by atoms with E-state index in [-0.39, 0.29) is 0 Å². The van der Waals surface area contributed by atoms with Crippen molar-refractivity contribution in [3.8, 4) is 11.1 Å². The van der Waals surface area contributed by atoms with E-state index in [0.717, 1.165) is 17.1 Å². The summed E-state index contributed by atoms with van der Waals surface area (Å²) in [6, 6.07) is 75.2. The van der Waals surface area contributed by atoms with Gasteiger partial charge in [-0.25, -0.2) is 0 Å². The SMILES string of the molecule is C(=C(/c1ccccc1)c1ccc2c(c1)-c1ccccc1C21c2ccccc2Sc2cc(N(c3ccccc3)c3ccccc3)ccc21)/c1ccccc1. The van der Waals surface area contributed by atoms with Crippen molar-refractivity contribution in [3.05, 3.63) is 245 Å². The Kier molecular flexibility index (Phi) is 7.70. The van der Waals surface area contributed by atoms with E-state index < -0.39 is 5.41 Å². The Morgan fingerprint density at radius 2 is 0.943 bits per heavy atom. The van der Waals surface area contributed by atoms with Gasteiger partial charge in [0.15, 0.2) is 0 Å². The number of benzene rings is 8. The Hall–Kier alpha value is -6.35. The third-order valence-electron chi connectivity index (χ3n) is 10.7. The van der Waals surface area contributed by atoms with Gasteiger partial charge in [-0.05, 0) is 110 Å². The highest BCUT2D eigenvalue weighted by Crippen LogP contribution is 2.62. The summed E-state index contributed by atoms with van der Waals surface area (Å²) in [6.45, 7) is 0. The molecule has 0 bridgehead atoms. The van der Waals surface area contributed by atoms with Crippen LogP contribution in [0.2, 0.25) is 0 Å². The Balaban J connectivity index is 1.20. The summed E-state index contributed by atoms with van der Waals surface area (Å²) in [5.41, 5.74) is 15.7. The van der Waals surface area contributed by atoms with Gasteiger partial charge < -0.3 is 4.90 Å². The molecule has 1 aliphatic carbocycles. The highest BCUT2D eigenvalue weighted by Gasteiger charge is 2.50. The fraction of sp³-hybridized carbons (Fsp3) is 0.0196. The van der Waals surface area contributed by atoms with Gasteiger partial charge >= 0.3 is 0 Å². The molecule has 2 heteroatoms. The Morgan fingerprint density at radius 1 is 0.396 bits per heavy atom. The first kappa shape index (κ1) is 31.4. The summed E-state index contributed by atoms with van der Waals surface area (Å²) in [7, 11) is 0. The first-order valence-corrected chi connectivity index (χ1v) is 19.0. The Morgan fingerprint density at radius 3 is 1.66 bits per heavy atom. The van der Waals surface area contributed by atoms with Crippen molar-refractivity contribution in [2.24, 2.45) is 0 Å². The van der Waals surface area contributed by atoms with Crippen LogP contribution in [0.4, 0.5) is 17.1 Å². The molecule has 0 aromatic heterocycles. The van der Waals surface area contributed by atoms with Gasteiger partial charge in [0.05, 0.1) is 5.41 Å². The minimum Gasteiger partial charge on any atom is -0.310 e. The molecule has 1 unspecified atom stereocenters. The average molecular weight is 694 g/mol. The number of anilines is 3. The Bertz CT molecular complexity index is 2590. The van der Waals surface area contributed by atoms with Crippen molar-refractivity contribution in [2.45, 2.75) is 15.2 Å². The third-order valence-corrected chi connectivity index (χ3v) is 11.9. The number of hydrogen-bond acceptors (Lipinski definition) is 2. The highest BCUT2D eigenvalue weighted by atomic mass is 32.2. The fourth-order valence-corrected chi connectivity index (χ4v) is 9.70. The molecule has 2 aliphatic rings. The fourth-order valence-electron chi connectivity index (χ4n) is 8.47. The monoisotopic (exact) mass is 693 g/mol. The van der Waals surface area contributed by atoms with Crippen LogP contribution in [0.25, 0.3) is 22.8 Å². The minimum absolute atomic E-state index is 0.458. The number of nitrogens with zero attached hydrogens (tertiary/aromatic N) is 1. The maximum Gasteiger partial charge on any atom is 0.0735 e. The molecule has 0 fully saturated rings. The van der Waals surface area contributed by atoms with E-state index in [4.69, 9.17) is 0 Å². The van der Waals surface area contributed by atoms with E-state index in [1.807, 2.05) is 11.8 Å². The van der Waals surface area contributed by atoms with Gasteiger partial charge in [0.1, 0.15) is 0 Å². The number of fused-ring (bicyclic) bond motifs is 9. The largest absolute Gasteiger partial charge is 0.310 e. The maximum atomic E-state index is 2.44. The van der Waals surface area contributed by atoms with Crippen LogP contribution in [0.1, 0.15) is 38.9 Å². The van der Waals surface area contributed by atoms with Crippen molar-refractivity contribution in [1.82, 2.24) is 0 Å². The molecule has 53 heavy (non-hydrogen) atoms. The molecular weight excluding hydrogens is 659 g/mol. The Labute approximate surface area is 315 Å². The van der Waals surface area contributed by atoms with Crippen LogP contribution in [-0.4, -0.2) is 0 Å². The second kappa shape index (κ2) is 13.0. The van der Waals surface area contributed by atoms with Crippen molar-refractivity contribution < 1.29 is 0 Å². The van der Waals surface area contributed by atoms with Crippen LogP contribution in [0.5, 0.6) is 0 Å². The summed E-state index contributed by atoms with van der Waals surface area (Å²) in [5.74, 6) is 0. The van der Waals surface area contributed by atoms with Gasteiger partial charge in [0.2, 0.25) is 0 Å². The van der Waals surface area contributed by atoms with E-state index in [0.29, 0.717) is 0 Å². The lowest BCUT2D eigenvalue weighted by Crippen LogP contribution is -2.32. The minimum atomic E-state index is -0.458. The first-order valence-electron chi connectivity index (χ1n) is 18.2. The maximum absolute atomic E-state index is 2.44. The summed E-state index contributed by atoms with van der Waals surface area (Å²) in [5, 5.41) is 0. The molecular formula is C51H35NS. The van der Waals surface area contributed by atoms with Crippen LogP contribution in [0.3, 0.4) is 0 Å². The van der Waals surface area contributed by atoms with Gasteiger partial charge in [-0.15, -0.1) is 0 Å². The number of hydrogen-bond donors (Lipinski definition) is 0. The predicted octanol–water partition coefficient (Wildman–Crippen LogP) is 13.6. The standard InChI is InChI=1S/C51H35NS/c1-5-17-36(18-6-1)33-43(37-19-7-2-8-20-37)38-29-31-46-44(34-38)42-25-13-14-26-45(42)51(46)47-27-15-16-28-49(47)53-50-35-41(30-32-48(50)51)52(39-21-9-3-10-22-39)40-23-11-4-12-24-40/h1-35H/b43-33+. The summed E-state index contributed by atoms with van der Waals surface area (Å²) in [4.78, 5) is 4.93. The van der Waals surface area contributed by atoms with Gasteiger partial charge in [-0.2, -0.15) is 0 Å². The van der Waals surface area contributed by atoms with E-state index in [1.165, 1.54) is 65.4 Å². The zero-order valence-electron chi connectivity index (χ0n) is 29.1. The van der Waals surface area contributed by atoms with Gasteiger partial charge in [-0.3, -0.25) is 0 Å². The quantitative estimate of drug-likeness (QED) is 0.160. The van der Waals surface area contributed by atoms with E-state index in [1.54, 1.807) is 0 Å². The molecule has 1 heterocycles. The van der Waals surface area contributed by atoms with Gasteiger partial charge in [0, 0.05) is 26.9 Å². The third kappa shape index (κ3) is 5.17. The van der Waals surface area contributed by atoms with Crippen molar-refractivity contribution in [2.75, 3.05) is 4.90 Å². The normalized spacial score (nSPS) is 15.3. The number of para-hydroxylation sites is 2. The van der Waals surface area contributed by atoms with Crippen LogP contribution >= 0.6 is 11.8 Å². The second-order valence-electron chi connectivity index (χ2n) is 13.7. The summed E-state index contributed by atoms with van der Waals surface area (Å²) < 4.78 is 0. The van der Waals surface area contributed by atoms with Crippen LogP contribution < -0.4 is 4.90 Å². The van der Waals surface area contributed by atoms with E-state index >= 15 is 0 Å². The molecule has 1 atom stereocenters. The average Bonchev–Trinajstić information content (AvgIpc) is 3.51. The van der Waals surface area contributed by atoms with Crippen molar-refractivity contribution in [3.63, 3.8) is 0 Å². The van der Waals surface area contributed by atoms with Gasteiger partial charge in [0.25, 0.3) is 0 Å². The topological polar surface area (TPSA) is 3.24 Å². The predicted molar refractivity (Wildman–Crippen MR) is 222 cm³/mol. The zero-order chi connectivity index (χ0) is 35.2. The lowest BCUT2D eigenvalue weighted by molar-refractivity contribution is 0.722. The zero-order valence-corrected chi connectivity index (χ0v) is 29.9. The highest BCUT2D eigenvalue weighted by molar-refractivity contribution is 7.99. The molecule has 1 spiro atoms. The molecule has 8 aromatic carbocycles. The molecule has 250 valence electrons. The lowest BCUT2D eigenvalue weighted by atomic mass is 9.67. The molecule has 0 saturated carbocycles. The number of rotatable bonds is 6. The molecule has 8 aromatic rings. The molecule has 0 radical (unpaired) electrons. The molecule has 0 saturated heterocycles. The molecule has 1 aliphatic heterocycles. The van der Waals surface area contributed by atoms with Crippen LogP contribution in [-0.2, 0) is 5.41 Å². The van der Waals surface area contributed by atoms with E-state index in [9.17, 15) is 0 Å². The smallest absolute Gasteiger partial charge is 0.0735 e. The molecule has 0 N–H and O–H groups in total. The summed E-state index contributed by atoms with van der Waals surface area (Å²) in [6.07, 6.45) is 2.32. The van der Waals surface area contributed by atoms with Crippen molar-refractivity contribution in [1.29, 1.82) is 0 Å². The molecule has 1 nitrogen and oxygen atoms in total. The van der Waals surface area contributed by atoms with Crippen LogP contribution in [0.15, 0.2) is 216 Å². The van der Waals surface area contributed by atoms with E-state index in [2.05, 4.69) is 217 Å². The van der Waals surface area contributed by atoms with Crippen LogP contribution in [0, 0.1) is 0 Å².